The van der Waals surface area contributed by atoms with E-state index in [9.17, 15) is 4.79 Å². The predicted molar refractivity (Wildman–Crippen MR) is 64.4 cm³/mol. The number of methoxy groups -OCH3 is 1. The topological polar surface area (TPSA) is 67.8 Å². The van der Waals surface area contributed by atoms with Gasteiger partial charge in [-0.2, -0.15) is 0 Å². The molecule has 0 radical (unpaired) electrons. The van der Waals surface area contributed by atoms with Crippen LogP contribution in [0.1, 0.15) is 10.4 Å². The zero-order valence-corrected chi connectivity index (χ0v) is 10.4. The van der Waals surface area contributed by atoms with Crippen molar-refractivity contribution >= 4 is 17.6 Å². The van der Waals surface area contributed by atoms with Gasteiger partial charge in [0, 0.05) is 6.54 Å². The summed E-state index contributed by atoms with van der Waals surface area (Å²) in [6.45, 7) is 1.07. The summed E-state index contributed by atoms with van der Waals surface area (Å²) in [6.07, 6.45) is 0. The maximum absolute atomic E-state index is 10.8. The first-order chi connectivity index (χ1) is 8.10. The van der Waals surface area contributed by atoms with Crippen molar-refractivity contribution in [1.29, 1.82) is 0 Å². The number of likely N-dealkylation sites (N-methyl/N-ethyl adjacent to an activating group) is 1. The number of ether oxygens (including phenoxy) is 2. The Hall–Kier alpha value is -1.46. The molecule has 94 valence electrons. The van der Waals surface area contributed by atoms with Gasteiger partial charge in [-0.05, 0) is 19.2 Å². The molecule has 2 N–H and O–H groups in total. The lowest BCUT2D eigenvalue weighted by Gasteiger charge is -2.12. The van der Waals surface area contributed by atoms with Crippen molar-refractivity contribution in [2.45, 2.75) is 0 Å². The Balaban J connectivity index is 2.99. The molecule has 1 aromatic rings. The van der Waals surface area contributed by atoms with E-state index < -0.39 is 5.97 Å². The van der Waals surface area contributed by atoms with Crippen LogP contribution in [0.15, 0.2) is 12.1 Å². The lowest BCUT2D eigenvalue weighted by Crippen LogP contribution is -2.16. The summed E-state index contributed by atoms with van der Waals surface area (Å²) in [4.78, 5) is 10.8. The molecule has 0 fully saturated rings. The van der Waals surface area contributed by atoms with Crippen LogP contribution in [-0.2, 0) is 0 Å². The highest BCUT2D eigenvalue weighted by Gasteiger charge is 2.14. The van der Waals surface area contributed by atoms with E-state index in [4.69, 9.17) is 26.2 Å². The molecule has 0 aromatic heterocycles. The van der Waals surface area contributed by atoms with Gasteiger partial charge in [0.1, 0.15) is 6.61 Å². The number of carboxylic acid groups (broad SMARTS) is 1. The molecule has 0 saturated carbocycles. The number of carboxylic acids is 1. The van der Waals surface area contributed by atoms with Crippen molar-refractivity contribution in [1.82, 2.24) is 5.32 Å². The largest absolute Gasteiger partial charge is 0.493 e. The van der Waals surface area contributed by atoms with Gasteiger partial charge >= 0.3 is 5.97 Å². The van der Waals surface area contributed by atoms with Crippen LogP contribution in [-0.4, -0.2) is 38.4 Å². The highest BCUT2D eigenvalue weighted by Crippen LogP contribution is 2.36. The second-order valence-electron chi connectivity index (χ2n) is 3.25. The van der Waals surface area contributed by atoms with E-state index in [0.717, 1.165) is 0 Å². The normalized spacial score (nSPS) is 10.1. The number of halogens is 1. The van der Waals surface area contributed by atoms with Crippen molar-refractivity contribution in [2.24, 2.45) is 0 Å². The third-order valence-corrected chi connectivity index (χ3v) is 2.36. The molecule has 0 bridgehead atoms. The molecule has 0 heterocycles. The molecule has 0 aliphatic rings. The Morgan fingerprint density at radius 3 is 2.76 bits per heavy atom. The Bertz CT molecular complexity index is 409. The van der Waals surface area contributed by atoms with Crippen LogP contribution in [0.3, 0.4) is 0 Å². The number of hydrogen-bond donors (Lipinski definition) is 2. The maximum Gasteiger partial charge on any atom is 0.335 e. The summed E-state index contributed by atoms with van der Waals surface area (Å²) in [5.74, 6) is -0.396. The van der Waals surface area contributed by atoms with E-state index in [2.05, 4.69) is 5.32 Å². The van der Waals surface area contributed by atoms with Gasteiger partial charge in [-0.3, -0.25) is 0 Å². The van der Waals surface area contributed by atoms with Gasteiger partial charge in [-0.15, -0.1) is 0 Å². The average molecular weight is 260 g/mol. The van der Waals surface area contributed by atoms with E-state index in [1.54, 1.807) is 7.05 Å². The Morgan fingerprint density at radius 1 is 1.53 bits per heavy atom. The van der Waals surface area contributed by atoms with Gasteiger partial charge in [0.05, 0.1) is 17.7 Å². The number of nitrogens with one attached hydrogen (secondary N) is 1. The van der Waals surface area contributed by atoms with E-state index in [1.807, 2.05) is 0 Å². The van der Waals surface area contributed by atoms with Crippen LogP contribution in [0.5, 0.6) is 11.5 Å². The molecule has 17 heavy (non-hydrogen) atoms. The lowest BCUT2D eigenvalue weighted by atomic mass is 10.2. The zero-order valence-electron chi connectivity index (χ0n) is 9.62. The molecular weight excluding hydrogens is 246 g/mol. The molecule has 0 unspecified atom stereocenters. The molecule has 5 nitrogen and oxygen atoms in total. The summed E-state index contributed by atoms with van der Waals surface area (Å²) in [5.41, 5.74) is 0.0628. The van der Waals surface area contributed by atoms with Crippen LogP contribution in [0.4, 0.5) is 0 Å². The smallest absolute Gasteiger partial charge is 0.335 e. The second kappa shape index (κ2) is 6.32. The van der Waals surface area contributed by atoms with Gasteiger partial charge in [0.25, 0.3) is 0 Å². The molecule has 1 rings (SSSR count). The SMILES string of the molecule is CNCCOc1c(Cl)cc(C(=O)O)cc1OC. The van der Waals surface area contributed by atoms with Crippen LogP contribution in [0, 0.1) is 0 Å². The first-order valence-corrected chi connectivity index (χ1v) is 5.36. The summed E-state index contributed by atoms with van der Waals surface area (Å²) in [5, 5.41) is 12.0. The number of aromatic carboxylic acids is 1. The Labute approximate surface area is 104 Å². The van der Waals surface area contributed by atoms with Crippen LogP contribution < -0.4 is 14.8 Å². The molecule has 0 atom stereocenters. The minimum atomic E-state index is -1.06. The van der Waals surface area contributed by atoms with Crippen molar-refractivity contribution in [3.63, 3.8) is 0 Å². The minimum absolute atomic E-state index is 0.0628. The van der Waals surface area contributed by atoms with E-state index >= 15 is 0 Å². The highest BCUT2D eigenvalue weighted by molar-refractivity contribution is 6.32. The standard InChI is InChI=1S/C11H14ClNO4/c1-13-3-4-17-10-8(12)5-7(11(14)15)6-9(10)16-2/h5-6,13H,3-4H2,1-2H3,(H,14,15). The molecule has 0 spiro atoms. The quantitative estimate of drug-likeness (QED) is 0.761. The number of carbonyl (C=O) groups is 1. The first-order valence-electron chi connectivity index (χ1n) is 4.98. The average Bonchev–Trinajstić information content (AvgIpc) is 2.30. The summed E-state index contributed by atoms with van der Waals surface area (Å²) < 4.78 is 10.5. The van der Waals surface area contributed by atoms with Crippen molar-refractivity contribution in [3.05, 3.63) is 22.7 Å². The lowest BCUT2D eigenvalue weighted by molar-refractivity contribution is 0.0696. The molecule has 0 aliphatic heterocycles. The number of hydrogen-bond acceptors (Lipinski definition) is 4. The summed E-state index contributed by atoms with van der Waals surface area (Å²) >= 11 is 5.95. The molecule has 1 aromatic carbocycles. The molecular formula is C11H14ClNO4. The fraction of sp³-hybridized carbons (Fsp3) is 0.364. The monoisotopic (exact) mass is 259 g/mol. The highest BCUT2D eigenvalue weighted by atomic mass is 35.5. The van der Waals surface area contributed by atoms with Crippen molar-refractivity contribution in [3.8, 4) is 11.5 Å². The maximum atomic E-state index is 10.8. The number of benzene rings is 1. The van der Waals surface area contributed by atoms with Crippen LogP contribution >= 0.6 is 11.6 Å². The van der Waals surface area contributed by atoms with Crippen LogP contribution in [0.25, 0.3) is 0 Å². The third kappa shape index (κ3) is 3.51. The molecule has 0 amide bonds. The number of rotatable bonds is 6. The molecule has 6 heteroatoms. The van der Waals surface area contributed by atoms with Gasteiger partial charge in [0.15, 0.2) is 11.5 Å². The summed E-state index contributed by atoms with van der Waals surface area (Å²) in [6, 6.07) is 2.71. The second-order valence-corrected chi connectivity index (χ2v) is 3.65. The van der Waals surface area contributed by atoms with E-state index in [1.165, 1.54) is 19.2 Å². The minimum Gasteiger partial charge on any atom is -0.493 e. The predicted octanol–water partition coefficient (Wildman–Crippen LogP) is 1.65. The van der Waals surface area contributed by atoms with Gasteiger partial charge in [-0.25, -0.2) is 4.79 Å². The Morgan fingerprint density at radius 2 is 2.24 bits per heavy atom. The van der Waals surface area contributed by atoms with Crippen LogP contribution in [0.2, 0.25) is 5.02 Å². The van der Waals surface area contributed by atoms with Gasteiger partial charge < -0.3 is 19.9 Å². The molecule has 0 saturated heterocycles. The van der Waals surface area contributed by atoms with E-state index in [0.29, 0.717) is 24.7 Å². The first kappa shape index (κ1) is 13.6. The zero-order chi connectivity index (χ0) is 12.8. The van der Waals surface area contributed by atoms with E-state index in [-0.39, 0.29) is 10.6 Å². The summed E-state index contributed by atoms with van der Waals surface area (Å²) in [7, 11) is 3.23. The van der Waals surface area contributed by atoms with Crippen molar-refractivity contribution < 1.29 is 19.4 Å². The van der Waals surface area contributed by atoms with Gasteiger partial charge in [-0.1, -0.05) is 11.6 Å². The van der Waals surface area contributed by atoms with Gasteiger partial charge in [0.2, 0.25) is 0 Å². The Kier molecular flexibility index (Phi) is 5.06. The fourth-order valence-electron chi connectivity index (χ4n) is 1.24. The molecule has 0 aliphatic carbocycles. The van der Waals surface area contributed by atoms with Crippen molar-refractivity contribution in [2.75, 3.05) is 27.3 Å². The fourth-order valence-corrected chi connectivity index (χ4v) is 1.50. The third-order valence-electron chi connectivity index (χ3n) is 2.07.